The van der Waals surface area contributed by atoms with Crippen molar-refractivity contribution in [2.45, 2.75) is 128 Å². The summed E-state index contributed by atoms with van der Waals surface area (Å²) >= 11 is 0. The van der Waals surface area contributed by atoms with Gasteiger partial charge in [-0.05, 0) is 37.0 Å². The highest BCUT2D eigenvalue weighted by Crippen LogP contribution is 2.17. The molecule has 0 bridgehead atoms. The van der Waals surface area contributed by atoms with Crippen LogP contribution in [-0.4, -0.2) is 15.0 Å². The minimum atomic E-state index is -3.60. The monoisotopic (exact) mass is 438 g/mol. The summed E-state index contributed by atoms with van der Waals surface area (Å²) in [6, 6.07) is 7.22. The molecule has 0 aliphatic carbocycles. The van der Waals surface area contributed by atoms with Crippen LogP contribution in [0.3, 0.4) is 0 Å². The van der Waals surface area contributed by atoms with Crippen LogP contribution in [0, 0.1) is 0 Å². The molecule has 0 fully saturated rings. The minimum Gasteiger partial charge on any atom is -0.266 e. The molecule has 30 heavy (non-hydrogen) atoms. The average molecular weight is 439 g/mol. The van der Waals surface area contributed by atoms with Crippen molar-refractivity contribution in [2.24, 2.45) is 0 Å². The van der Waals surface area contributed by atoms with Gasteiger partial charge >= 0.3 is 0 Å². The second-order valence-corrected chi connectivity index (χ2v) is 10.2. The zero-order valence-corrected chi connectivity index (χ0v) is 20.5. The Morgan fingerprint density at radius 3 is 1.50 bits per heavy atom. The van der Waals surface area contributed by atoms with Gasteiger partial charge in [0.2, 0.25) is 0 Å². The fraction of sp³-hybridized carbons (Fsp3) is 0.769. The van der Waals surface area contributed by atoms with E-state index in [-0.39, 0.29) is 11.5 Å². The van der Waals surface area contributed by atoms with Gasteiger partial charge in [-0.15, -0.1) is 0 Å². The molecule has 0 saturated carbocycles. The van der Waals surface area contributed by atoms with Crippen LogP contribution in [0.1, 0.15) is 122 Å². The first kappa shape index (κ1) is 27.2. The molecule has 3 nitrogen and oxygen atoms in total. The highest BCUT2D eigenvalue weighted by molar-refractivity contribution is 7.86. The number of unbranched alkanes of at least 4 members (excludes halogenated alkanes) is 14. The Hall–Kier alpha value is -0.870. The predicted molar refractivity (Wildman–Crippen MR) is 129 cm³/mol. The molecule has 4 heteroatoms. The third kappa shape index (κ3) is 13.4. The van der Waals surface area contributed by atoms with Crippen molar-refractivity contribution >= 4 is 10.1 Å². The third-order valence-electron chi connectivity index (χ3n) is 5.77. The van der Waals surface area contributed by atoms with Crippen molar-refractivity contribution in [1.82, 2.24) is 0 Å². The fourth-order valence-electron chi connectivity index (χ4n) is 3.73. The molecular weight excluding hydrogens is 392 g/mol. The zero-order valence-electron chi connectivity index (χ0n) is 19.7. The van der Waals surface area contributed by atoms with Crippen LogP contribution in [0.25, 0.3) is 0 Å². The maximum atomic E-state index is 12.1. The Bertz CT molecular complexity index is 608. The first-order valence-electron chi connectivity index (χ1n) is 12.6. The van der Waals surface area contributed by atoms with Crippen molar-refractivity contribution in [2.75, 3.05) is 6.61 Å². The molecule has 1 aromatic rings. The molecule has 174 valence electrons. The van der Waals surface area contributed by atoms with E-state index in [1.807, 2.05) is 19.1 Å². The molecule has 0 amide bonds. The lowest BCUT2D eigenvalue weighted by molar-refractivity contribution is 0.311. The Morgan fingerprint density at radius 2 is 1.03 bits per heavy atom. The van der Waals surface area contributed by atoms with Crippen LogP contribution < -0.4 is 0 Å². The van der Waals surface area contributed by atoms with Crippen molar-refractivity contribution in [3.8, 4) is 0 Å². The summed E-state index contributed by atoms with van der Waals surface area (Å²) < 4.78 is 29.2. The number of aryl methyl sites for hydroxylation is 1. The highest BCUT2D eigenvalue weighted by atomic mass is 32.2. The van der Waals surface area contributed by atoms with Gasteiger partial charge in [-0.2, -0.15) is 8.42 Å². The summed E-state index contributed by atoms with van der Waals surface area (Å²) in [6.07, 6.45) is 21.9. The Labute approximate surface area is 187 Å². The van der Waals surface area contributed by atoms with E-state index < -0.39 is 10.1 Å². The van der Waals surface area contributed by atoms with Crippen LogP contribution in [-0.2, 0) is 20.7 Å². The van der Waals surface area contributed by atoms with Gasteiger partial charge in [-0.3, -0.25) is 4.18 Å². The summed E-state index contributed by atoms with van der Waals surface area (Å²) in [5.74, 6) is 0. The molecule has 0 aliphatic heterocycles. The maximum absolute atomic E-state index is 12.1. The van der Waals surface area contributed by atoms with Crippen LogP contribution in [0.2, 0.25) is 0 Å². The average Bonchev–Trinajstić information content (AvgIpc) is 2.74. The molecule has 0 spiro atoms. The number of hydrogen-bond acceptors (Lipinski definition) is 3. The number of rotatable bonds is 20. The molecule has 0 radical (unpaired) electrons. The van der Waals surface area contributed by atoms with E-state index in [9.17, 15) is 8.42 Å². The molecule has 1 aromatic carbocycles. The maximum Gasteiger partial charge on any atom is 0.296 e. The van der Waals surface area contributed by atoms with E-state index in [2.05, 4.69) is 6.92 Å². The minimum absolute atomic E-state index is 0.264. The Balaban J connectivity index is 2.02. The summed E-state index contributed by atoms with van der Waals surface area (Å²) in [7, 11) is -3.60. The second kappa shape index (κ2) is 17.8. The van der Waals surface area contributed by atoms with Gasteiger partial charge in [-0.1, -0.05) is 116 Å². The van der Waals surface area contributed by atoms with E-state index >= 15 is 0 Å². The summed E-state index contributed by atoms with van der Waals surface area (Å²) in [5.41, 5.74) is 1.21. The van der Waals surface area contributed by atoms with Crippen molar-refractivity contribution < 1.29 is 12.6 Å². The zero-order chi connectivity index (χ0) is 21.9. The van der Waals surface area contributed by atoms with Gasteiger partial charge in [-0.25, -0.2) is 0 Å². The third-order valence-corrected chi connectivity index (χ3v) is 7.09. The lowest BCUT2D eigenvalue weighted by atomic mass is 10.0. The summed E-state index contributed by atoms with van der Waals surface area (Å²) in [6.45, 7) is 4.55. The molecule has 0 aliphatic rings. The quantitative estimate of drug-likeness (QED) is 0.152. The smallest absolute Gasteiger partial charge is 0.266 e. The van der Waals surface area contributed by atoms with Gasteiger partial charge in [0.25, 0.3) is 10.1 Å². The van der Waals surface area contributed by atoms with E-state index in [1.165, 1.54) is 95.5 Å². The van der Waals surface area contributed by atoms with E-state index in [0.717, 1.165) is 19.3 Å². The normalized spacial score (nSPS) is 11.8. The van der Waals surface area contributed by atoms with Crippen LogP contribution >= 0.6 is 0 Å². The van der Waals surface area contributed by atoms with Crippen LogP contribution in [0.4, 0.5) is 0 Å². The fourth-order valence-corrected chi connectivity index (χ4v) is 4.67. The Kier molecular flexibility index (Phi) is 16.1. The van der Waals surface area contributed by atoms with E-state index in [0.29, 0.717) is 0 Å². The van der Waals surface area contributed by atoms with Gasteiger partial charge in [0, 0.05) is 0 Å². The molecule has 0 aromatic heterocycles. The van der Waals surface area contributed by atoms with E-state index in [1.54, 1.807) is 12.1 Å². The number of benzene rings is 1. The molecule has 1 rings (SSSR count). The van der Waals surface area contributed by atoms with Crippen molar-refractivity contribution in [3.05, 3.63) is 29.8 Å². The lowest BCUT2D eigenvalue weighted by Crippen LogP contribution is -2.07. The second-order valence-electron chi connectivity index (χ2n) is 8.62. The Morgan fingerprint density at radius 1 is 0.600 bits per heavy atom. The molecule has 0 unspecified atom stereocenters. The van der Waals surface area contributed by atoms with Gasteiger partial charge < -0.3 is 0 Å². The molecular formula is C26H46O3S. The van der Waals surface area contributed by atoms with Crippen LogP contribution in [0.15, 0.2) is 29.2 Å². The topological polar surface area (TPSA) is 43.4 Å². The first-order chi connectivity index (χ1) is 14.6. The van der Waals surface area contributed by atoms with Gasteiger partial charge in [0.15, 0.2) is 0 Å². The SMILES string of the molecule is CCCCCCCCCCCCCCCCc1ccc(S(=O)(=O)OCCCC)cc1. The van der Waals surface area contributed by atoms with Crippen molar-refractivity contribution in [1.29, 1.82) is 0 Å². The van der Waals surface area contributed by atoms with Crippen molar-refractivity contribution in [3.63, 3.8) is 0 Å². The largest absolute Gasteiger partial charge is 0.296 e. The highest BCUT2D eigenvalue weighted by Gasteiger charge is 2.14. The van der Waals surface area contributed by atoms with E-state index in [4.69, 9.17) is 4.18 Å². The summed E-state index contributed by atoms with van der Waals surface area (Å²) in [5, 5.41) is 0. The lowest BCUT2D eigenvalue weighted by Gasteiger charge is -2.07. The predicted octanol–water partition coefficient (Wildman–Crippen LogP) is 8.22. The summed E-state index contributed by atoms with van der Waals surface area (Å²) in [4.78, 5) is 0.267. The molecule has 0 saturated heterocycles. The standard InChI is InChI=1S/C26H46O3S/c1-3-5-7-8-9-10-11-12-13-14-15-16-17-18-19-25-20-22-26(23-21-25)30(27,28)29-24-6-4-2/h20-23H,3-19,24H2,1-2H3. The molecule has 0 atom stereocenters. The van der Waals surface area contributed by atoms with Gasteiger partial charge in [0.05, 0.1) is 11.5 Å². The molecule has 0 N–H and O–H groups in total. The first-order valence-corrected chi connectivity index (χ1v) is 14.0. The molecule has 0 heterocycles. The van der Waals surface area contributed by atoms with Gasteiger partial charge in [0.1, 0.15) is 0 Å². The number of hydrogen-bond donors (Lipinski definition) is 0. The van der Waals surface area contributed by atoms with Crippen LogP contribution in [0.5, 0.6) is 0 Å².